The molecule has 1 aromatic carbocycles. The first-order chi connectivity index (χ1) is 10.2. The van der Waals surface area contributed by atoms with Gasteiger partial charge in [-0.3, -0.25) is 4.79 Å². The largest absolute Gasteiger partial charge is 0.490 e. The zero-order chi connectivity index (χ0) is 16.4. The molecular weight excluding hydrogens is 276 g/mol. The number of ketones is 1. The van der Waals surface area contributed by atoms with Crippen LogP contribution in [0.25, 0.3) is 0 Å². The summed E-state index contributed by atoms with van der Waals surface area (Å²) in [5.74, 6) is 0.931. The van der Waals surface area contributed by atoms with Crippen molar-refractivity contribution in [3.8, 4) is 5.75 Å². The van der Waals surface area contributed by atoms with E-state index in [-0.39, 0.29) is 16.7 Å². The minimum Gasteiger partial charge on any atom is -0.490 e. The molecule has 1 aliphatic heterocycles. The maximum Gasteiger partial charge on any atom is 0.176 e. The number of hydrogen-bond acceptors (Lipinski definition) is 4. The minimum atomic E-state index is -0.0660. The maximum atomic E-state index is 12.4. The predicted octanol–water partition coefficient (Wildman–Crippen LogP) is 3.48. The smallest absolute Gasteiger partial charge is 0.176 e. The zero-order valence-electron chi connectivity index (χ0n) is 14.4. The second kappa shape index (κ2) is 6.29. The first-order valence-electron chi connectivity index (χ1n) is 7.95. The summed E-state index contributed by atoms with van der Waals surface area (Å²) in [5, 5.41) is 6.66. The van der Waals surface area contributed by atoms with Crippen molar-refractivity contribution in [2.45, 2.75) is 46.6 Å². The molecule has 0 atom stereocenters. The third kappa shape index (κ3) is 4.73. The van der Waals surface area contributed by atoms with E-state index in [1.165, 1.54) is 0 Å². The molecule has 4 heteroatoms. The Morgan fingerprint density at radius 1 is 1.27 bits per heavy atom. The third-order valence-corrected chi connectivity index (χ3v) is 3.68. The molecule has 4 nitrogen and oxygen atoms in total. The fraction of sp³-hybridized carbons (Fsp3) is 0.611. The number of fused-ring (bicyclic) bond motifs is 1. The second-order valence-corrected chi connectivity index (χ2v) is 7.88. The average molecular weight is 304 g/mol. The lowest BCUT2D eigenvalue weighted by atomic mass is 9.82. The van der Waals surface area contributed by atoms with E-state index in [9.17, 15) is 4.79 Å². The maximum absolute atomic E-state index is 12.4. The Hall–Kier alpha value is -1.55. The van der Waals surface area contributed by atoms with Gasteiger partial charge in [-0.1, -0.05) is 20.8 Å². The molecule has 0 amide bonds. The third-order valence-electron chi connectivity index (χ3n) is 3.68. The normalized spacial score (nSPS) is 14.8. The molecule has 2 N–H and O–H groups in total. The zero-order valence-corrected chi connectivity index (χ0v) is 14.4. The number of hydrogen-bond donors (Lipinski definition) is 2. The van der Waals surface area contributed by atoms with Crippen LogP contribution >= 0.6 is 0 Å². The van der Waals surface area contributed by atoms with Crippen molar-refractivity contribution >= 4 is 11.5 Å². The number of carbonyl (C=O) groups excluding carboxylic acids is 1. The molecule has 0 radical (unpaired) electrons. The van der Waals surface area contributed by atoms with Crippen molar-refractivity contribution in [3.05, 3.63) is 23.8 Å². The van der Waals surface area contributed by atoms with E-state index in [0.29, 0.717) is 13.2 Å². The standard InChI is InChI=1S/C18H28N2O2/c1-17(2,3)12-18(4,5)20-11-15(21)13-6-7-16-14(10-13)19-8-9-22-16/h6-7,10,19-20H,8-9,11-12H2,1-5H3. The van der Waals surface area contributed by atoms with Gasteiger partial charge in [0.1, 0.15) is 12.4 Å². The Morgan fingerprint density at radius 3 is 2.68 bits per heavy atom. The SMILES string of the molecule is CC(C)(C)CC(C)(C)NCC(=O)c1ccc2c(c1)NCCO2. The molecule has 0 unspecified atom stereocenters. The fourth-order valence-corrected chi connectivity index (χ4v) is 3.12. The van der Waals surface area contributed by atoms with Crippen LogP contribution in [0.5, 0.6) is 5.75 Å². The molecule has 122 valence electrons. The van der Waals surface area contributed by atoms with Crippen molar-refractivity contribution < 1.29 is 9.53 Å². The summed E-state index contributed by atoms with van der Waals surface area (Å²) < 4.78 is 5.54. The highest BCUT2D eigenvalue weighted by Gasteiger charge is 2.25. The van der Waals surface area contributed by atoms with Gasteiger partial charge in [-0.2, -0.15) is 0 Å². The highest BCUT2D eigenvalue weighted by molar-refractivity contribution is 5.98. The average Bonchev–Trinajstić information content (AvgIpc) is 2.42. The van der Waals surface area contributed by atoms with E-state index in [0.717, 1.165) is 30.0 Å². The Labute approximate surface area is 133 Å². The lowest BCUT2D eigenvalue weighted by Crippen LogP contribution is -2.44. The number of carbonyl (C=O) groups is 1. The van der Waals surface area contributed by atoms with Gasteiger partial charge >= 0.3 is 0 Å². The molecule has 0 saturated carbocycles. The molecule has 1 aromatic rings. The lowest BCUT2D eigenvalue weighted by Gasteiger charge is -2.33. The highest BCUT2D eigenvalue weighted by atomic mass is 16.5. The summed E-state index contributed by atoms with van der Waals surface area (Å²) >= 11 is 0. The van der Waals surface area contributed by atoms with Gasteiger partial charge in [-0.15, -0.1) is 0 Å². The molecule has 0 fully saturated rings. The van der Waals surface area contributed by atoms with Crippen LogP contribution in [0.3, 0.4) is 0 Å². The van der Waals surface area contributed by atoms with Crippen LogP contribution in [0, 0.1) is 5.41 Å². The first-order valence-corrected chi connectivity index (χ1v) is 7.95. The first kappa shape index (κ1) is 16.8. The molecule has 0 aromatic heterocycles. The van der Waals surface area contributed by atoms with E-state index in [4.69, 9.17) is 4.74 Å². The van der Waals surface area contributed by atoms with Crippen molar-refractivity contribution in [2.24, 2.45) is 5.41 Å². The van der Waals surface area contributed by atoms with Gasteiger partial charge in [0.05, 0.1) is 12.2 Å². The van der Waals surface area contributed by atoms with E-state index >= 15 is 0 Å². The highest BCUT2D eigenvalue weighted by Crippen LogP contribution is 2.29. The van der Waals surface area contributed by atoms with Crippen LogP contribution < -0.4 is 15.4 Å². The van der Waals surface area contributed by atoms with Crippen molar-refractivity contribution in [3.63, 3.8) is 0 Å². The van der Waals surface area contributed by atoms with Crippen LogP contribution in [0.15, 0.2) is 18.2 Å². The molecule has 2 rings (SSSR count). The number of nitrogens with one attached hydrogen (secondary N) is 2. The van der Waals surface area contributed by atoms with E-state index < -0.39 is 0 Å². The molecule has 0 bridgehead atoms. The molecule has 0 spiro atoms. The number of benzene rings is 1. The Bertz CT molecular complexity index is 545. The molecule has 22 heavy (non-hydrogen) atoms. The van der Waals surface area contributed by atoms with Gasteiger partial charge in [-0.05, 0) is 43.9 Å². The van der Waals surface area contributed by atoms with Gasteiger partial charge in [0.2, 0.25) is 0 Å². The van der Waals surface area contributed by atoms with Crippen molar-refractivity contribution in [2.75, 3.05) is 25.0 Å². The lowest BCUT2D eigenvalue weighted by molar-refractivity contribution is 0.0973. The Balaban J connectivity index is 1.98. The van der Waals surface area contributed by atoms with E-state index in [2.05, 4.69) is 45.3 Å². The fourth-order valence-electron chi connectivity index (χ4n) is 3.12. The van der Waals surface area contributed by atoms with E-state index in [1.54, 1.807) is 0 Å². The molecule has 1 aliphatic rings. The predicted molar refractivity (Wildman–Crippen MR) is 90.9 cm³/mol. The number of anilines is 1. The Morgan fingerprint density at radius 2 is 2.00 bits per heavy atom. The van der Waals surface area contributed by atoms with Crippen LogP contribution in [-0.2, 0) is 0 Å². The molecule has 0 saturated heterocycles. The summed E-state index contributed by atoms with van der Waals surface area (Å²) in [5.41, 5.74) is 1.79. The Kier molecular flexibility index (Phi) is 4.81. The monoisotopic (exact) mass is 304 g/mol. The summed E-state index contributed by atoms with van der Waals surface area (Å²) in [4.78, 5) is 12.4. The molecule has 1 heterocycles. The molecular formula is C18H28N2O2. The van der Waals surface area contributed by atoms with Crippen LogP contribution in [0.2, 0.25) is 0 Å². The number of ether oxygens (including phenoxy) is 1. The minimum absolute atomic E-state index is 0.0660. The van der Waals surface area contributed by atoms with Gasteiger partial charge in [0.25, 0.3) is 0 Å². The van der Waals surface area contributed by atoms with Crippen molar-refractivity contribution in [1.82, 2.24) is 5.32 Å². The van der Waals surface area contributed by atoms with Crippen LogP contribution in [0.1, 0.15) is 51.4 Å². The summed E-state index contributed by atoms with van der Waals surface area (Å²) in [6, 6.07) is 5.59. The summed E-state index contributed by atoms with van der Waals surface area (Å²) in [6.07, 6.45) is 1.01. The number of Topliss-reactive ketones (excluding diaryl/α,β-unsaturated/α-hetero) is 1. The van der Waals surface area contributed by atoms with Crippen LogP contribution in [-0.4, -0.2) is 31.0 Å². The van der Waals surface area contributed by atoms with Gasteiger partial charge in [-0.25, -0.2) is 0 Å². The topological polar surface area (TPSA) is 50.4 Å². The van der Waals surface area contributed by atoms with Gasteiger partial charge in [0, 0.05) is 17.6 Å². The number of rotatable bonds is 5. The van der Waals surface area contributed by atoms with Gasteiger partial charge < -0.3 is 15.4 Å². The van der Waals surface area contributed by atoms with E-state index in [1.807, 2.05) is 18.2 Å². The summed E-state index contributed by atoms with van der Waals surface area (Å²) in [7, 11) is 0. The van der Waals surface area contributed by atoms with Crippen LogP contribution in [0.4, 0.5) is 5.69 Å². The molecule has 0 aliphatic carbocycles. The summed E-state index contributed by atoms with van der Waals surface area (Å²) in [6.45, 7) is 12.7. The van der Waals surface area contributed by atoms with Gasteiger partial charge in [0.15, 0.2) is 5.78 Å². The van der Waals surface area contributed by atoms with Crippen molar-refractivity contribution in [1.29, 1.82) is 0 Å². The second-order valence-electron chi connectivity index (χ2n) is 7.88. The quantitative estimate of drug-likeness (QED) is 0.818.